The van der Waals surface area contributed by atoms with Crippen molar-refractivity contribution in [3.05, 3.63) is 35.6 Å². The van der Waals surface area contributed by atoms with Crippen molar-refractivity contribution in [2.24, 2.45) is 0 Å². The molecule has 96 valence electrons. The van der Waals surface area contributed by atoms with Crippen molar-refractivity contribution in [3.63, 3.8) is 0 Å². The Balaban J connectivity index is 2.43. The van der Waals surface area contributed by atoms with E-state index in [4.69, 9.17) is 0 Å². The van der Waals surface area contributed by atoms with E-state index in [1.165, 1.54) is 12.1 Å². The Morgan fingerprint density at radius 1 is 1.24 bits per heavy atom. The van der Waals surface area contributed by atoms with Crippen molar-refractivity contribution in [1.29, 1.82) is 0 Å². The van der Waals surface area contributed by atoms with Gasteiger partial charge in [-0.25, -0.2) is 4.39 Å². The zero-order valence-electron chi connectivity index (χ0n) is 10.6. The van der Waals surface area contributed by atoms with E-state index in [2.05, 4.69) is 19.2 Å². The van der Waals surface area contributed by atoms with Crippen LogP contribution in [-0.2, 0) is 0 Å². The van der Waals surface area contributed by atoms with Gasteiger partial charge in [0, 0.05) is 12.6 Å². The summed E-state index contributed by atoms with van der Waals surface area (Å²) in [7, 11) is 0. The SMILES string of the molecule is CCCC(CC)NCC(O)c1ccc(F)cc1. The van der Waals surface area contributed by atoms with E-state index in [-0.39, 0.29) is 5.82 Å². The Bertz CT molecular complexity index is 313. The van der Waals surface area contributed by atoms with Crippen LogP contribution in [-0.4, -0.2) is 17.7 Å². The fraction of sp³-hybridized carbons (Fsp3) is 0.571. The first kappa shape index (κ1) is 14.1. The first-order chi connectivity index (χ1) is 8.17. The maximum atomic E-state index is 12.7. The number of aliphatic hydroxyl groups is 1. The summed E-state index contributed by atoms with van der Waals surface area (Å²) >= 11 is 0. The van der Waals surface area contributed by atoms with Gasteiger partial charge >= 0.3 is 0 Å². The van der Waals surface area contributed by atoms with Crippen LogP contribution in [0, 0.1) is 5.82 Å². The highest BCUT2D eigenvalue weighted by Gasteiger charge is 2.10. The molecule has 0 heterocycles. The molecule has 0 fully saturated rings. The number of aliphatic hydroxyl groups excluding tert-OH is 1. The van der Waals surface area contributed by atoms with Gasteiger partial charge in [-0.1, -0.05) is 32.4 Å². The molecule has 1 rings (SSSR count). The number of halogens is 1. The number of benzene rings is 1. The van der Waals surface area contributed by atoms with Crippen molar-refractivity contribution in [2.45, 2.75) is 45.3 Å². The van der Waals surface area contributed by atoms with Crippen molar-refractivity contribution in [2.75, 3.05) is 6.54 Å². The Kier molecular flexibility index (Phi) is 6.16. The van der Waals surface area contributed by atoms with Gasteiger partial charge in [0.05, 0.1) is 6.10 Å². The molecule has 1 aromatic rings. The Morgan fingerprint density at radius 2 is 1.88 bits per heavy atom. The molecule has 17 heavy (non-hydrogen) atoms. The molecule has 0 aliphatic rings. The first-order valence-corrected chi connectivity index (χ1v) is 6.34. The predicted octanol–water partition coefficient (Wildman–Crippen LogP) is 3.03. The summed E-state index contributed by atoms with van der Waals surface area (Å²) in [6, 6.07) is 6.46. The number of hydrogen-bond acceptors (Lipinski definition) is 2. The van der Waals surface area contributed by atoms with Gasteiger partial charge in [-0.2, -0.15) is 0 Å². The van der Waals surface area contributed by atoms with Crippen LogP contribution in [0.3, 0.4) is 0 Å². The van der Waals surface area contributed by atoms with Gasteiger partial charge < -0.3 is 10.4 Å². The van der Waals surface area contributed by atoms with Crippen LogP contribution < -0.4 is 5.32 Å². The normalized spacial score (nSPS) is 14.6. The van der Waals surface area contributed by atoms with Crippen LogP contribution in [0.5, 0.6) is 0 Å². The molecule has 2 atom stereocenters. The maximum absolute atomic E-state index is 12.7. The second kappa shape index (κ2) is 7.41. The largest absolute Gasteiger partial charge is 0.387 e. The molecular weight excluding hydrogens is 217 g/mol. The molecule has 0 radical (unpaired) electrons. The molecule has 0 saturated heterocycles. The van der Waals surface area contributed by atoms with Crippen molar-refractivity contribution >= 4 is 0 Å². The molecule has 0 saturated carbocycles. The molecule has 0 spiro atoms. The fourth-order valence-electron chi connectivity index (χ4n) is 1.88. The van der Waals surface area contributed by atoms with E-state index in [1.54, 1.807) is 12.1 Å². The van der Waals surface area contributed by atoms with E-state index in [0.717, 1.165) is 24.8 Å². The van der Waals surface area contributed by atoms with Crippen LogP contribution in [0.25, 0.3) is 0 Å². The lowest BCUT2D eigenvalue weighted by atomic mass is 10.1. The zero-order chi connectivity index (χ0) is 12.7. The molecule has 0 aliphatic heterocycles. The summed E-state index contributed by atoms with van der Waals surface area (Å²) in [5.74, 6) is -0.272. The van der Waals surface area contributed by atoms with Gasteiger partial charge in [0.15, 0.2) is 0 Å². The summed E-state index contributed by atoms with van der Waals surface area (Å²) in [5.41, 5.74) is 0.755. The van der Waals surface area contributed by atoms with E-state index < -0.39 is 6.10 Å². The lowest BCUT2D eigenvalue weighted by Crippen LogP contribution is -2.32. The molecule has 1 aromatic carbocycles. The molecule has 0 bridgehead atoms. The van der Waals surface area contributed by atoms with E-state index in [9.17, 15) is 9.50 Å². The Labute approximate surface area is 103 Å². The summed E-state index contributed by atoms with van der Waals surface area (Å²) in [6.45, 7) is 4.81. The minimum absolute atomic E-state index is 0.272. The molecule has 0 aromatic heterocycles. The van der Waals surface area contributed by atoms with Crippen LogP contribution in [0.1, 0.15) is 44.8 Å². The van der Waals surface area contributed by atoms with Crippen molar-refractivity contribution < 1.29 is 9.50 Å². The van der Waals surface area contributed by atoms with Gasteiger partial charge in [0.1, 0.15) is 5.82 Å². The van der Waals surface area contributed by atoms with Crippen LogP contribution in [0.4, 0.5) is 4.39 Å². The van der Waals surface area contributed by atoms with Gasteiger partial charge in [-0.05, 0) is 30.5 Å². The maximum Gasteiger partial charge on any atom is 0.123 e. The predicted molar refractivity (Wildman–Crippen MR) is 68.3 cm³/mol. The van der Waals surface area contributed by atoms with Gasteiger partial charge in [0.25, 0.3) is 0 Å². The highest BCUT2D eigenvalue weighted by atomic mass is 19.1. The van der Waals surface area contributed by atoms with Gasteiger partial charge in [0.2, 0.25) is 0 Å². The second-order valence-electron chi connectivity index (χ2n) is 4.37. The first-order valence-electron chi connectivity index (χ1n) is 6.34. The third-order valence-corrected chi connectivity index (χ3v) is 2.98. The van der Waals surface area contributed by atoms with Crippen LogP contribution in [0.15, 0.2) is 24.3 Å². The lowest BCUT2D eigenvalue weighted by molar-refractivity contribution is 0.168. The summed E-state index contributed by atoms with van der Waals surface area (Å²) in [5, 5.41) is 13.3. The average Bonchev–Trinajstić information content (AvgIpc) is 2.35. The average molecular weight is 239 g/mol. The third kappa shape index (κ3) is 4.84. The topological polar surface area (TPSA) is 32.3 Å². The molecule has 0 aliphatic carbocycles. The summed E-state index contributed by atoms with van der Waals surface area (Å²) in [6.07, 6.45) is 2.75. The van der Waals surface area contributed by atoms with Gasteiger partial charge in [-0.15, -0.1) is 0 Å². The number of rotatable bonds is 7. The van der Waals surface area contributed by atoms with Crippen molar-refractivity contribution in [3.8, 4) is 0 Å². The fourth-order valence-corrected chi connectivity index (χ4v) is 1.88. The Morgan fingerprint density at radius 3 is 2.41 bits per heavy atom. The van der Waals surface area contributed by atoms with E-state index in [0.29, 0.717) is 12.6 Å². The summed E-state index contributed by atoms with van der Waals surface area (Å²) in [4.78, 5) is 0. The number of nitrogens with one attached hydrogen (secondary N) is 1. The Hall–Kier alpha value is -0.930. The molecule has 3 heteroatoms. The smallest absolute Gasteiger partial charge is 0.123 e. The van der Waals surface area contributed by atoms with Gasteiger partial charge in [-0.3, -0.25) is 0 Å². The quantitative estimate of drug-likeness (QED) is 0.766. The minimum atomic E-state index is -0.568. The molecule has 2 nitrogen and oxygen atoms in total. The zero-order valence-corrected chi connectivity index (χ0v) is 10.6. The van der Waals surface area contributed by atoms with E-state index in [1.807, 2.05) is 0 Å². The highest BCUT2D eigenvalue weighted by molar-refractivity contribution is 5.18. The molecule has 2 unspecified atom stereocenters. The van der Waals surface area contributed by atoms with Crippen LogP contribution >= 0.6 is 0 Å². The molecule has 2 N–H and O–H groups in total. The standard InChI is InChI=1S/C14H22FNO/c1-3-5-13(4-2)16-10-14(17)11-6-8-12(15)9-7-11/h6-9,13-14,16-17H,3-5,10H2,1-2H3. The summed E-state index contributed by atoms with van der Waals surface area (Å²) < 4.78 is 12.7. The molecule has 0 amide bonds. The monoisotopic (exact) mass is 239 g/mol. The highest BCUT2D eigenvalue weighted by Crippen LogP contribution is 2.13. The lowest BCUT2D eigenvalue weighted by Gasteiger charge is -2.19. The van der Waals surface area contributed by atoms with E-state index >= 15 is 0 Å². The number of hydrogen-bond donors (Lipinski definition) is 2. The van der Waals surface area contributed by atoms with Crippen molar-refractivity contribution in [1.82, 2.24) is 5.32 Å². The minimum Gasteiger partial charge on any atom is -0.387 e. The second-order valence-corrected chi connectivity index (χ2v) is 4.37. The van der Waals surface area contributed by atoms with Crippen LogP contribution in [0.2, 0.25) is 0 Å². The molecular formula is C14H22FNO. The third-order valence-electron chi connectivity index (χ3n) is 2.98.